The second-order valence-electron chi connectivity index (χ2n) is 5.32. The summed E-state index contributed by atoms with van der Waals surface area (Å²) in [5, 5.41) is 1.07. The zero-order valence-corrected chi connectivity index (χ0v) is 11.5. The van der Waals surface area contributed by atoms with E-state index in [1.807, 2.05) is 12.3 Å². The van der Waals surface area contributed by atoms with E-state index in [1.165, 1.54) is 31.4 Å². The highest BCUT2D eigenvalue weighted by molar-refractivity contribution is 5.97. The molecule has 1 aliphatic heterocycles. The van der Waals surface area contributed by atoms with Gasteiger partial charge in [-0.2, -0.15) is 0 Å². The predicted octanol–water partition coefficient (Wildman–Crippen LogP) is 3.59. The van der Waals surface area contributed by atoms with Crippen molar-refractivity contribution in [1.82, 2.24) is 4.98 Å². The Morgan fingerprint density at radius 2 is 2.21 bits per heavy atom. The van der Waals surface area contributed by atoms with Crippen molar-refractivity contribution in [3.63, 3.8) is 0 Å². The quantitative estimate of drug-likeness (QED) is 0.834. The van der Waals surface area contributed by atoms with Crippen molar-refractivity contribution < 1.29 is 0 Å². The molecule has 2 aromatic rings. The number of piperidine rings is 1. The molecular weight excluding hydrogens is 234 g/mol. The van der Waals surface area contributed by atoms with Crippen LogP contribution in [0, 0.1) is 0 Å². The number of hydrogen-bond acceptors (Lipinski definition) is 3. The summed E-state index contributed by atoms with van der Waals surface area (Å²) in [6.45, 7) is 3.39. The first-order valence-corrected chi connectivity index (χ1v) is 7.21. The van der Waals surface area contributed by atoms with Gasteiger partial charge < -0.3 is 10.6 Å². The molecule has 19 heavy (non-hydrogen) atoms. The number of benzene rings is 1. The molecule has 1 aromatic heterocycles. The molecule has 1 unspecified atom stereocenters. The van der Waals surface area contributed by atoms with E-state index in [9.17, 15) is 0 Å². The molecule has 3 nitrogen and oxygen atoms in total. The number of nitrogen functional groups attached to an aromatic ring is 1. The number of pyridine rings is 1. The zero-order valence-electron chi connectivity index (χ0n) is 11.5. The highest BCUT2D eigenvalue weighted by Crippen LogP contribution is 2.34. The smallest absolute Gasteiger partial charge is 0.0724 e. The maximum absolute atomic E-state index is 6.39. The predicted molar refractivity (Wildman–Crippen MR) is 81.4 cm³/mol. The Bertz CT molecular complexity index is 579. The molecule has 1 aliphatic rings. The van der Waals surface area contributed by atoms with E-state index in [1.54, 1.807) is 0 Å². The summed E-state index contributed by atoms with van der Waals surface area (Å²) < 4.78 is 0. The normalized spacial score (nSPS) is 19.8. The molecule has 0 bridgehead atoms. The van der Waals surface area contributed by atoms with E-state index in [4.69, 9.17) is 5.73 Å². The summed E-state index contributed by atoms with van der Waals surface area (Å²) >= 11 is 0. The number of nitrogens with two attached hydrogens (primary N) is 1. The molecule has 0 saturated carbocycles. The summed E-state index contributed by atoms with van der Waals surface area (Å²) in [4.78, 5) is 6.86. The average molecular weight is 255 g/mol. The molecule has 0 aliphatic carbocycles. The van der Waals surface area contributed by atoms with E-state index in [0.717, 1.165) is 23.1 Å². The monoisotopic (exact) mass is 255 g/mol. The van der Waals surface area contributed by atoms with Gasteiger partial charge in [0.25, 0.3) is 0 Å². The molecule has 1 atom stereocenters. The Hall–Kier alpha value is -1.77. The largest absolute Gasteiger partial charge is 0.396 e. The van der Waals surface area contributed by atoms with Crippen LogP contribution >= 0.6 is 0 Å². The minimum atomic E-state index is 0.630. The van der Waals surface area contributed by atoms with Gasteiger partial charge in [-0.15, -0.1) is 0 Å². The van der Waals surface area contributed by atoms with E-state index >= 15 is 0 Å². The van der Waals surface area contributed by atoms with Gasteiger partial charge in [0.2, 0.25) is 0 Å². The van der Waals surface area contributed by atoms with Gasteiger partial charge in [0, 0.05) is 24.2 Å². The summed E-state index contributed by atoms with van der Waals surface area (Å²) in [6.07, 6.45) is 6.88. The first-order chi connectivity index (χ1) is 9.31. The first-order valence-electron chi connectivity index (χ1n) is 7.21. The van der Waals surface area contributed by atoms with Crippen molar-refractivity contribution in [1.29, 1.82) is 0 Å². The third kappa shape index (κ3) is 2.14. The van der Waals surface area contributed by atoms with E-state index in [2.05, 4.69) is 35.0 Å². The Kier molecular flexibility index (Phi) is 3.28. The number of anilines is 2. The molecule has 100 valence electrons. The topological polar surface area (TPSA) is 42.2 Å². The average Bonchev–Trinajstić information content (AvgIpc) is 2.48. The zero-order chi connectivity index (χ0) is 13.2. The van der Waals surface area contributed by atoms with Crippen LogP contribution in [0.1, 0.15) is 32.6 Å². The van der Waals surface area contributed by atoms with E-state index in [0.29, 0.717) is 6.04 Å². The summed E-state index contributed by atoms with van der Waals surface area (Å²) in [5.41, 5.74) is 9.43. The summed E-state index contributed by atoms with van der Waals surface area (Å²) in [6, 6.07) is 8.87. The van der Waals surface area contributed by atoms with Crippen LogP contribution in [0.2, 0.25) is 0 Å². The van der Waals surface area contributed by atoms with Gasteiger partial charge in [0.1, 0.15) is 0 Å². The van der Waals surface area contributed by atoms with Crippen LogP contribution in [-0.4, -0.2) is 17.6 Å². The van der Waals surface area contributed by atoms with Crippen molar-refractivity contribution in [3.05, 3.63) is 30.5 Å². The summed E-state index contributed by atoms with van der Waals surface area (Å²) in [7, 11) is 0. The lowest BCUT2D eigenvalue weighted by atomic mass is 9.98. The highest BCUT2D eigenvalue weighted by Gasteiger charge is 2.23. The van der Waals surface area contributed by atoms with E-state index < -0.39 is 0 Å². The molecule has 1 fully saturated rings. The number of nitrogens with zero attached hydrogens (tertiary/aromatic N) is 2. The van der Waals surface area contributed by atoms with E-state index in [-0.39, 0.29) is 0 Å². The Morgan fingerprint density at radius 1 is 1.32 bits per heavy atom. The molecule has 1 aromatic carbocycles. The highest BCUT2D eigenvalue weighted by atomic mass is 15.2. The molecule has 0 spiro atoms. The van der Waals surface area contributed by atoms with Gasteiger partial charge in [-0.05, 0) is 49.9 Å². The lowest BCUT2D eigenvalue weighted by Gasteiger charge is -2.38. The van der Waals surface area contributed by atoms with Crippen molar-refractivity contribution in [2.45, 2.75) is 38.6 Å². The lowest BCUT2D eigenvalue weighted by Crippen LogP contribution is -2.39. The molecule has 1 saturated heterocycles. The standard InChI is InChI=1S/C16H21N3/c1-2-12-6-3-4-11-19(12)15-9-8-14-13(16(15)17)7-5-10-18-14/h5,7-10,12H,2-4,6,11,17H2,1H3. The molecule has 3 heteroatoms. The number of hydrogen-bond donors (Lipinski definition) is 1. The number of aromatic nitrogens is 1. The van der Waals surface area contributed by atoms with Gasteiger partial charge in [-0.1, -0.05) is 6.92 Å². The Morgan fingerprint density at radius 3 is 3.05 bits per heavy atom. The van der Waals surface area contributed by atoms with Crippen LogP contribution < -0.4 is 10.6 Å². The molecule has 2 N–H and O–H groups in total. The number of rotatable bonds is 2. The fourth-order valence-corrected chi connectivity index (χ4v) is 3.16. The maximum atomic E-state index is 6.39. The van der Waals surface area contributed by atoms with Crippen molar-refractivity contribution in [2.24, 2.45) is 0 Å². The lowest BCUT2D eigenvalue weighted by molar-refractivity contribution is 0.450. The molecule has 3 rings (SSSR count). The Labute approximate surface area is 114 Å². The van der Waals surface area contributed by atoms with Gasteiger partial charge in [-0.25, -0.2) is 0 Å². The van der Waals surface area contributed by atoms with Gasteiger partial charge >= 0.3 is 0 Å². The van der Waals surface area contributed by atoms with Crippen LogP contribution in [0.15, 0.2) is 30.5 Å². The molecule has 0 radical (unpaired) electrons. The molecular formula is C16H21N3. The van der Waals surface area contributed by atoms with Crippen LogP contribution in [0.4, 0.5) is 11.4 Å². The van der Waals surface area contributed by atoms with Crippen molar-refractivity contribution in [2.75, 3.05) is 17.2 Å². The summed E-state index contributed by atoms with van der Waals surface area (Å²) in [5.74, 6) is 0. The third-order valence-corrected chi connectivity index (χ3v) is 4.21. The second kappa shape index (κ2) is 5.08. The minimum absolute atomic E-state index is 0.630. The van der Waals surface area contributed by atoms with Crippen LogP contribution in [0.5, 0.6) is 0 Å². The van der Waals surface area contributed by atoms with Crippen molar-refractivity contribution >= 4 is 22.3 Å². The van der Waals surface area contributed by atoms with Crippen LogP contribution in [0.25, 0.3) is 10.9 Å². The minimum Gasteiger partial charge on any atom is -0.396 e. The van der Waals surface area contributed by atoms with Gasteiger partial charge in [0.05, 0.1) is 16.9 Å². The fraction of sp³-hybridized carbons (Fsp3) is 0.438. The SMILES string of the molecule is CCC1CCCCN1c1ccc2ncccc2c1N. The molecule has 0 amide bonds. The third-order valence-electron chi connectivity index (χ3n) is 4.21. The van der Waals surface area contributed by atoms with Crippen LogP contribution in [-0.2, 0) is 0 Å². The first kappa shape index (κ1) is 12.3. The Balaban J connectivity index is 2.06. The van der Waals surface area contributed by atoms with Crippen molar-refractivity contribution in [3.8, 4) is 0 Å². The number of fused-ring (bicyclic) bond motifs is 1. The molecule has 2 heterocycles. The maximum Gasteiger partial charge on any atom is 0.0724 e. The van der Waals surface area contributed by atoms with Crippen LogP contribution in [0.3, 0.4) is 0 Å². The second-order valence-corrected chi connectivity index (χ2v) is 5.32. The fourth-order valence-electron chi connectivity index (χ4n) is 3.16. The van der Waals surface area contributed by atoms with Gasteiger partial charge in [0.15, 0.2) is 0 Å². The van der Waals surface area contributed by atoms with Gasteiger partial charge in [-0.3, -0.25) is 4.98 Å².